The van der Waals surface area contributed by atoms with Crippen LogP contribution in [-0.4, -0.2) is 10.8 Å². The molecule has 0 amide bonds. The van der Waals surface area contributed by atoms with Crippen molar-refractivity contribution in [3.8, 4) is 0 Å². The predicted octanol–water partition coefficient (Wildman–Crippen LogP) is 3.85. The number of aromatic nitrogens is 1. The lowest BCUT2D eigenvalue weighted by Crippen LogP contribution is -2.22. The Labute approximate surface area is 101 Å². The summed E-state index contributed by atoms with van der Waals surface area (Å²) < 4.78 is 0. The Morgan fingerprint density at radius 1 is 1.44 bits per heavy atom. The second-order valence-electron chi connectivity index (χ2n) is 4.74. The van der Waals surface area contributed by atoms with Crippen LogP contribution in [0, 0.1) is 18.8 Å². The summed E-state index contributed by atoms with van der Waals surface area (Å²) in [6, 6.07) is 0. The fourth-order valence-electron chi connectivity index (χ4n) is 2.52. The second kappa shape index (κ2) is 5.09. The van der Waals surface area contributed by atoms with Crippen LogP contribution >= 0.6 is 11.3 Å². The molecule has 0 bridgehead atoms. The van der Waals surface area contributed by atoms with E-state index in [0.717, 1.165) is 23.8 Å². The van der Waals surface area contributed by atoms with Crippen LogP contribution in [0.5, 0.6) is 0 Å². The highest BCUT2D eigenvalue weighted by Crippen LogP contribution is 2.32. The summed E-state index contributed by atoms with van der Waals surface area (Å²) in [6.07, 6.45) is 5.82. The van der Waals surface area contributed by atoms with Crippen LogP contribution in [0.15, 0.2) is 5.38 Å². The van der Waals surface area contributed by atoms with Crippen molar-refractivity contribution in [1.82, 2.24) is 4.98 Å². The highest BCUT2D eigenvalue weighted by molar-refractivity contribution is 7.09. The van der Waals surface area contributed by atoms with Gasteiger partial charge in [-0.1, -0.05) is 13.3 Å². The summed E-state index contributed by atoms with van der Waals surface area (Å²) in [7, 11) is 0. The van der Waals surface area contributed by atoms with Gasteiger partial charge in [-0.2, -0.15) is 0 Å². The van der Waals surface area contributed by atoms with Crippen molar-refractivity contribution in [2.24, 2.45) is 11.8 Å². The van der Waals surface area contributed by atoms with E-state index in [2.05, 4.69) is 11.9 Å². The van der Waals surface area contributed by atoms with Gasteiger partial charge in [-0.25, -0.2) is 4.98 Å². The molecule has 0 aliphatic heterocycles. The number of aryl methyl sites for hydroxylation is 1. The third kappa shape index (κ3) is 2.51. The molecule has 2 rings (SSSR count). The van der Waals surface area contributed by atoms with E-state index in [1.807, 2.05) is 12.3 Å². The number of thiazole rings is 1. The van der Waals surface area contributed by atoms with Gasteiger partial charge in [0.1, 0.15) is 5.69 Å². The molecule has 1 saturated carbocycles. The van der Waals surface area contributed by atoms with Crippen molar-refractivity contribution in [1.29, 1.82) is 0 Å². The average molecular weight is 237 g/mol. The number of hydrogen-bond acceptors (Lipinski definition) is 3. The van der Waals surface area contributed by atoms with Crippen LogP contribution in [-0.2, 0) is 0 Å². The van der Waals surface area contributed by atoms with Crippen LogP contribution in [0.1, 0.15) is 54.5 Å². The van der Waals surface area contributed by atoms with E-state index < -0.39 is 0 Å². The molecule has 16 heavy (non-hydrogen) atoms. The lowest BCUT2D eigenvalue weighted by atomic mass is 9.78. The van der Waals surface area contributed by atoms with Gasteiger partial charge < -0.3 is 0 Å². The highest BCUT2D eigenvalue weighted by Gasteiger charge is 2.27. The molecule has 88 valence electrons. The van der Waals surface area contributed by atoms with Gasteiger partial charge >= 0.3 is 0 Å². The summed E-state index contributed by atoms with van der Waals surface area (Å²) >= 11 is 1.57. The largest absolute Gasteiger partial charge is 0.292 e. The summed E-state index contributed by atoms with van der Waals surface area (Å²) in [5.41, 5.74) is 0.697. The van der Waals surface area contributed by atoms with Crippen molar-refractivity contribution in [2.45, 2.75) is 46.0 Å². The molecule has 1 aromatic rings. The minimum atomic E-state index is 0.240. The summed E-state index contributed by atoms with van der Waals surface area (Å²) in [6.45, 7) is 4.20. The first-order valence-electron chi connectivity index (χ1n) is 6.17. The molecule has 3 heteroatoms. The predicted molar refractivity (Wildman–Crippen MR) is 66.9 cm³/mol. The maximum absolute atomic E-state index is 12.2. The van der Waals surface area contributed by atoms with Crippen LogP contribution in [0.25, 0.3) is 0 Å². The maximum Gasteiger partial charge on any atom is 0.185 e. The molecule has 1 aliphatic rings. The molecule has 0 saturated heterocycles. The van der Waals surface area contributed by atoms with Gasteiger partial charge in [-0.15, -0.1) is 11.3 Å². The van der Waals surface area contributed by atoms with E-state index in [1.165, 1.54) is 19.3 Å². The first-order chi connectivity index (χ1) is 7.70. The third-order valence-corrected chi connectivity index (χ3v) is 4.44. The van der Waals surface area contributed by atoms with Crippen LogP contribution < -0.4 is 0 Å². The minimum Gasteiger partial charge on any atom is -0.292 e. The molecule has 1 aliphatic carbocycles. The lowest BCUT2D eigenvalue weighted by Gasteiger charge is -2.26. The molecule has 0 aromatic carbocycles. The van der Waals surface area contributed by atoms with Crippen LogP contribution in [0.3, 0.4) is 0 Å². The molecule has 1 aromatic heterocycles. The van der Waals surface area contributed by atoms with Gasteiger partial charge in [-0.05, 0) is 38.5 Å². The van der Waals surface area contributed by atoms with Crippen LogP contribution in [0.4, 0.5) is 0 Å². The number of rotatable bonds is 3. The first-order valence-corrected chi connectivity index (χ1v) is 7.05. The number of carbonyl (C=O) groups is 1. The van der Waals surface area contributed by atoms with Crippen molar-refractivity contribution < 1.29 is 4.79 Å². The molecule has 1 fully saturated rings. The van der Waals surface area contributed by atoms with Crippen molar-refractivity contribution in [2.75, 3.05) is 0 Å². The average Bonchev–Trinajstić information content (AvgIpc) is 2.75. The number of Topliss-reactive ketones (excluding diaryl/α,β-unsaturated/α-hetero) is 1. The molecular formula is C13H19NOS. The summed E-state index contributed by atoms with van der Waals surface area (Å²) in [5.74, 6) is 1.37. The van der Waals surface area contributed by atoms with E-state index in [-0.39, 0.29) is 11.7 Å². The zero-order valence-electron chi connectivity index (χ0n) is 10.0. The zero-order chi connectivity index (χ0) is 11.5. The van der Waals surface area contributed by atoms with E-state index in [4.69, 9.17) is 0 Å². The number of carbonyl (C=O) groups excluding carboxylic acids is 1. The quantitative estimate of drug-likeness (QED) is 0.747. The molecule has 0 radical (unpaired) electrons. The Balaban J connectivity index is 1.96. The van der Waals surface area contributed by atoms with Gasteiger partial charge in [0.15, 0.2) is 5.78 Å². The monoisotopic (exact) mass is 237 g/mol. The SMILES string of the molecule is CCC1CCC(C(=O)c2csc(C)n2)CC1. The Morgan fingerprint density at radius 2 is 2.12 bits per heavy atom. The maximum atomic E-state index is 12.2. The Kier molecular flexibility index (Phi) is 3.74. The Morgan fingerprint density at radius 3 is 2.62 bits per heavy atom. The molecule has 0 atom stereocenters. The van der Waals surface area contributed by atoms with Crippen molar-refractivity contribution in [3.05, 3.63) is 16.1 Å². The van der Waals surface area contributed by atoms with E-state index >= 15 is 0 Å². The third-order valence-electron chi connectivity index (χ3n) is 3.67. The fourth-order valence-corrected chi connectivity index (χ4v) is 3.12. The normalized spacial score (nSPS) is 25.6. The number of ketones is 1. The van der Waals surface area contributed by atoms with Gasteiger partial charge in [0.2, 0.25) is 0 Å². The van der Waals surface area contributed by atoms with Crippen LogP contribution in [0.2, 0.25) is 0 Å². The molecule has 0 N–H and O–H groups in total. The zero-order valence-corrected chi connectivity index (χ0v) is 10.8. The second-order valence-corrected chi connectivity index (χ2v) is 5.80. The van der Waals surface area contributed by atoms with Gasteiger partial charge in [0, 0.05) is 11.3 Å². The lowest BCUT2D eigenvalue weighted by molar-refractivity contribution is 0.0866. The van der Waals surface area contributed by atoms with Gasteiger partial charge in [-0.3, -0.25) is 4.79 Å². The molecule has 2 nitrogen and oxygen atoms in total. The van der Waals surface area contributed by atoms with E-state index in [1.54, 1.807) is 11.3 Å². The highest BCUT2D eigenvalue weighted by atomic mass is 32.1. The summed E-state index contributed by atoms with van der Waals surface area (Å²) in [4.78, 5) is 16.4. The van der Waals surface area contributed by atoms with Gasteiger partial charge in [0.25, 0.3) is 0 Å². The molecule has 0 unspecified atom stereocenters. The fraction of sp³-hybridized carbons (Fsp3) is 0.692. The Hall–Kier alpha value is -0.700. The first kappa shape index (κ1) is 11.8. The standard InChI is InChI=1S/C13H19NOS/c1-3-10-4-6-11(7-5-10)13(15)12-8-16-9(2)14-12/h8,10-11H,3-7H2,1-2H3. The number of hydrogen-bond donors (Lipinski definition) is 0. The van der Waals surface area contributed by atoms with Crippen molar-refractivity contribution >= 4 is 17.1 Å². The van der Waals surface area contributed by atoms with Gasteiger partial charge in [0.05, 0.1) is 5.01 Å². The topological polar surface area (TPSA) is 30.0 Å². The van der Waals surface area contributed by atoms with E-state index in [0.29, 0.717) is 5.69 Å². The Bertz CT molecular complexity index is 364. The minimum absolute atomic E-state index is 0.240. The molecule has 0 spiro atoms. The van der Waals surface area contributed by atoms with E-state index in [9.17, 15) is 4.79 Å². The molecular weight excluding hydrogens is 218 g/mol. The van der Waals surface area contributed by atoms with Crippen molar-refractivity contribution in [3.63, 3.8) is 0 Å². The molecule has 1 heterocycles. The summed E-state index contributed by atoms with van der Waals surface area (Å²) in [5, 5.41) is 2.90. The number of nitrogens with zero attached hydrogens (tertiary/aromatic N) is 1. The smallest absolute Gasteiger partial charge is 0.185 e.